The highest BCUT2D eigenvalue weighted by Gasteiger charge is 2.34. The van der Waals surface area contributed by atoms with Crippen molar-refractivity contribution in [1.82, 2.24) is 5.32 Å². The smallest absolute Gasteiger partial charge is 0.0523 e. The average molecular weight is 253 g/mol. The lowest BCUT2D eigenvalue weighted by molar-refractivity contribution is 0.440. The van der Waals surface area contributed by atoms with Crippen LogP contribution in [0.4, 0.5) is 5.69 Å². The quantitative estimate of drug-likeness (QED) is 0.741. The summed E-state index contributed by atoms with van der Waals surface area (Å²) in [5, 5.41) is 7.08. The van der Waals surface area contributed by atoms with Gasteiger partial charge in [0, 0.05) is 23.0 Å². The van der Waals surface area contributed by atoms with Gasteiger partial charge in [0.1, 0.15) is 0 Å². The molecule has 2 heterocycles. The minimum absolute atomic E-state index is 0.643. The van der Waals surface area contributed by atoms with Crippen molar-refractivity contribution in [3.05, 3.63) is 28.2 Å². The Morgan fingerprint density at radius 2 is 2.29 bits per heavy atom. The normalized spacial score (nSPS) is 29.2. The maximum atomic E-state index is 3.62. The minimum Gasteiger partial charge on any atom is -0.380 e. The van der Waals surface area contributed by atoms with E-state index in [1.807, 2.05) is 0 Å². The fraction of sp³-hybridized carbons (Fsp3) is 0.455. The predicted octanol–water partition coefficient (Wildman–Crippen LogP) is 2.32. The van der Waals surface area contributed by atoms with Crippen LogP contribution in [0.25, 0.3) is 0 Å². The highest BCUT2D eigenvalue weighted by molar-refractivity contribution is 9.10. The number of benzene rings is 1. The summed E-state index contributed by atoms with van der Waals surface area (Å²) in [5.41, 5.74) is 2.78. The number of fused-ring (bicyclic) bond motifs is 3. The molecule has 0 spiro atoms. The molecule has 1 fully saturated rings. The van der Waals surface area contributed by atoms with E-state index >= 15 is 0 Å². The first-order valence-electron chi connectivity index (χ1n) is 5.12. The molecule has 2 nitrogen and oxygen atoms in total. The summed E-state index contributed by atoms with van der Waals surface area (Å²) in [4.78, 5) is 0. The van der Waals surface area contributed by atoms with Crippen molar-refractivity contribution < 1.29 is 0 Å². The van der Waals surface area contributed by atoms with Gasteiger partial charge in [-0.05, 0) is 40.5 Å². The summed E-state index contributed by atoms with van der Waals surface area (Å²) in [5.74, 6) is 0.663. The summed E-state index contributed by atoms with van der Waals surface area (Å²) in [6.07, 6.45) is 1.23. The lowest BCUT2D eigenvalue weighted by Crippen LogP contribution is -2.38. The van der Waals surface area contributed by atoms with Gasteiger partial charge in [0.05, 0.1) is 5.69 Å². The van der Waals surface area contributed by atoms with E-state index in [9.17, 15) is 0 Å². The second kappa shape index (κ2) is 3.24. The number of para-hydroxylation sites is 1. The lowest BCUT2D eigenvalue weighted by Gasteiger charge is -2.26. The molecule has 0 bridgehead atoms. The van der Waals surface area contributed by atoms with Crippen LogP contribution in [0, 0.1) is 0 Å². The first-order chi connectivity index (χ1) is 6.86. The van der Waals surface area contributed by atoms with E-state index in [2.05, 4.69) is 44.8 Å². The Bertz CT molecular complexity index is 364. The fourth-order valence-corrected chi connectivity index (χ4v) is 3.04. The van der Waals surface area contributed by atoms with E-state index in [0.29, 0.717) is 12.0 Å². The second-order valence-corrected chi connectivity index (χ2v) is 4.91. The van der Waals surface area contributed by atoms with Crippen LogP contribution in [0.3, 0.4) is 0 Å². The maximum Gasteiger partial charge on any atom is 0.0523 e. The Labute approximate surface area is 92.2 Å². The number of nitrogens with one attached hydrogen (secondary N) is 2. The third kappa shape index (κ3) is 1.19. The van der Waals surface area contributed by atoms with Crippen LogP contribution in [-0.2, 0) is 0 Å². The van der Waals surface area contributed by atoms with Crippen LogP contribution < -0.4 is 10.6 Å². The van der Waals surface area contributed by atoms with Crippen LogP contribution in [0.5, 0.6) is 0 Å². The Morgan fingerprint density at radius 1 is 1.36 bits per heavy atom. The highest BCUT2D eigenvalue weighted by atomic mass is 79.9. The molecule has 3 rings (SSSR count). The molecule has 14 heavy (non-hydrogen) atoms. The molecule has 0 saturated carbocycles. The molecular formula is C11H13BrN2. The van der Waals surface area contributed by atoms with Gasteiger partial charge in [-0.25, -0.2) is 0 Å². The summed E-state index contributed by atoms with van der Waals surface area (Å²) in [6, 6.07) is 7.12. The number of piperidine rings is 1. The molecule has 1 saturated heterocycles. The van der Waals surface area contributed by atoms with E-state index in [-0.39, 0.29) is 0 Å². The van der Waals surface area contributed by atoms with Gasteiger partial charge in [0.2, 0.25) is 0 Å². The minimum atomic E-state index is 0.643. The van der Waals surface area contributed by atoms with Crippen LogP contribution in [-0.4, -0.2) is 19.1 Å². The monoisotopic (exact) mass is 252 g/mol. The molecule has 3 heteroatoms. The van der Waals surface area contributed by atoms with Gasteiger partial charge in [-0.15, -0.1) is 0 Å². The molecule has 1 aromatic rings. The highest BCUT2D eigenvalue weighted by Crippen LogP contribution is 2.41. The van der Waals surface area contributed by atoms with Gasteiger partial charge in [-0.3, -0.25) is 0 Å². The summed E-state index contributed by atoms with van der Waals surface area (Å²) >= 11 is 3.60. The number of anilines is 1. The molecule has 0 unspecified atom stereocenters. The zero-order valence-corrected chi connectivity index (χ0v) is 9.47. The number of hydrogen-bond donors (Lipinski definition) is 2. The van der Waals surface area contributed by atoms with Crippen LogP contribution in [0.2, 0.25) is 0 Å². The number of rotatable bonds is 0. The van der Waals surface area contributed by atoms with Crippen molar-refractivity contribution in [3.8, 4) is 0 Å². The molecule has 2 aliphatic heterocycles. The van der Waals surface area contributed by atoms with Crippen molar-refractivity contribution in [3.63, 3.8) is 0 Å². The Balaban J connectivity index is 2.05. The molecule has 0 aromatic heterocycles. The van der Waals surface area contributed by atoms with Crippen molar-refractivity contribution >= 4 is 21.6 Å². The molecule has 74 valence electrons. The standard InChI is InChI=1S/C11H13BrN2/c12-9-3-1-2-7-8-6-13-5-4-10(8)14-11(7)9/h1-3,8,10,13-14H,4-6H2/t8-,10-/m1/s1. The van der Waals surface area contributed by atoms with E-state index in [1.54, 1.807) is 0 Å². The van der Waals surface area contributed by atoms with Crippen molar-refractivity contribution in [2.45, 2.75) is 18.4 Å². The van der Waals surface area contributed by atoms with Gasteiger partial charge in [0.25, 0.3) is 0 Å². The Morgan fingerprint density at radius 3 is 3.21 bits per heavy atom. The first kappa shape index (κ1) is 8.74. The molecular weight excluding hydrogens is 240 g/mol. The molecule has 2 N–H and O–H groups in total. The molecule has 0 amide bonds. The van der Waals surface area contributed by atoms with Crippen LogP contribution >= 0.6 is 15.9 Å². The van der Waals surface area contributed by atoms with Gasteiger partial charge in [-0.1, -0.05) is 12.1 Å². The Hall–Kier alpha value is -0.540. The number of halogens is 1. The Kier molecular flexibility index (Phi) is 2.03. The number of hydrogen-bond acceptors (Lipinski definition) is 2. The van der Waals surface area contributed by atoms with Crippen LogP contribution in [0.15, 0.2) is 22.7 Å². The molecule has 2 aliphatic rings. The first-order valence-corrected chi connectivity index (χ1v) is 5.91. The third-order valence-electron chi connectivity index (χ3n) is 3.26. The van der Waals surface area contributed by atoms with E-state index in [4.69, 9.17) is 0 Å². The molecule has 2 atom stereocenters. The van der Waals surface area contributed by atoms with Crippen molar-refractivity contribution in [2.75, 3.05) is 18.4 Å². The summed E-state index contributed by atoms with van der Waals surface area (Å²) in [6.45, 7) is 2.25. The van der Waals surface area contributed by atoms with Crippen molar-refractivity contribution in [2.24, 2.45) is 0 Å². The third-order valence-corrected chi connectivity index (χ3v) is 3.92. The van der Waals surface area contributed by atoms with E-state index in [0.717, 1.165) is 13.1 Å². The molecule has 1 aromatic carbocycles. The van der Waals surface area contributed by atoms with Crippen LogP contribution in [0.1, 0.15) is 17.9 Å². The summed E-state index contributed by atoms with van der Waals surface area (Å²) in [7, 11) is 0. The predicted molar refractivity (Wildman–Crippen MR) is 61.8 cm³/mol. The SMILES string of the molecule is Brc1cccc2c1N[C@@H]1CCNC[C@H]21. The zero-order valence-electron chi connectivity index (χ0n) is 7.89. The average Bonchev–Trinajstić information content (AvgIpc) is 2.59. The largest absolute Gasteiger partial charge is 0.380 e. The lowest BCUT2D eigenvalue weighted by atomic mass is 9.91. The fourth-order valence-electron chi connectivity index (χ4n) is 2.55. The van der Waals surface area contributed by atoms with Gasteiger partial charge in [0.15, 0.2) is 0 Å². The summed E-state index contributed by atoms with van der Waals surface area (Å²) < 4.78 is 1.20. The van der Waals surface area contributed by atoms with E-state index in [1.165, 1.54) is 22.1 Å². The second-order valence-electron chi connectivity index (χ2n) is 4.05. The van der Waals surface area contributed by atoms with Gasteiger partial charge < -0.3 is 10.6 Å². The van der Waals surface area contributed by atoms with Gasteiger partial charge in [-0.2, -0.15) is 0 Å². The topological polar surface area (TPSA) is 24.1 Å². The van der Waals surface area contributed by atoms with E-state index < -0.39 is 0 Å². The molecule has 0 aliphatic carbocycles. The van der Waals surface area contributed by atoms with Gasteiger partial charge >= 0.3 is 0 Å². The zero-order chi connectivity index (χ0) is 9.54. The maximum absolute atomic E-state index is 3.62. The van der Waals surface area contributed by atoms with Crippen molar-refractivity contribution in [1.29, 1.82) is 0 Å². The molecule has 0 radical (unpaired) electrons.